The van der Waals surface area contributed by atoms with Crippen LogP contribution in [0.3, 0.4) is 0 Å². The summed E-state index contributed by atoms with van der Waals surface area (Å²) in [6.45, 7) is 18.2. The van der Waals surface area contributed by atoms with Crippen molar-refractivity contribution in [2.75, 3.05) is 14.2 Å². The van der Waals surface area contributed by atoms with Crippen LogP contribution >= 0.6 is 0 Å². The third-order valence-electron chi connectivity index (χ3n) is 12.7. The van der Waals surface area contributed by atoms with E-state index in [1.165, 1.54) is 20.3 Å². The standard InChI is InChI=1S/C45H74O14/c1-13-16-34-28(7)37(56-38-22-33(46)42(50)31(10)55-38)23-45(58-34,59-52)30(9)41(49)29(8)43-35(53-11)18-15-17-24(3)19-26(5)39(47)32(14-2)40(48)27(6)20-25(4)21-36(54-12)44(51)57-43/h13,15-18,20-21,26-35,37-43,46-50,52H,14,19,22-23H2,1-12H3/b16-13+,18-15?,24-17+,25-20+,36-21-/t26-,27-,28-,29+,30+,31-,32?,33-,34-,35+,37-,38+,39+,40-,41-,42-,43?,45+/m1/s1. The number of hydrogen-bond donors (Lipinski definition) is 6. The lowest BCUT2D eigenvalue weighted by atomic mass is 9.77. The van der Waals surface area contributed by atoms with Crippen LogP contribution in [0.2, 0.25) is 0 Å². The second-order valence-corrected chi connectivity index (χ2v) is 17.1. The molecule has 59 heavy (non-hydrogen) atoms. The minimum absolute atomic E-state index is 0.0221. The van der Waals surface area contributed by atoms with Gasteiger partial charge >= 0.3 is 5.97 Å². The molecule has 0 aromatic heterocycles. The average molecular weight is 839 g/mol. The molecule has 3 aliphatic heterocycles. The summed E-state index contributed by atoms with van der Waals surface area (Å²) in [5.74, 6) is -5.81. The van der Waals surface area contributed by atoms with Gasteiger partial charge in [-0.3, -0.25) is 0 Å². The Kier molecular flexibility index (Phi) is 19.9. The highest BCUT2D eigenvalue weighted by atomic mass is 17.1. The van der Waals surface area contributed by atoms with E-state index in [4.69, 9.17) is 33.3 Å². The molecule has 3 aliphatic rings. The smallest absolute Gasteiger partial charge is 0.373 e. The fourth-order valence-electron chi connectivity index (χ4n) is 8.76. The lowest BCUT2D eigenvalue weighted by Gasteiger charge is -2.50. The molecule has 338 valence electrons. The van der Waals surface area contributed by atoms with E-state index < -0.39 is 90.9 Å². The van der Waals surface area contributed by atoms with Gasteiger partial charge in [-0.25, -0.2) is 14.9 Å². The summed E-state index contributed by atoms with van der Waals surface area (Å²) in [6, 6.07) is 0. The van der Waals surface area contributed by atoms with Gasteiger partial charge in [0.05, 0.1) is 49.8 Å². The molecule has 2 fully saturated rings. The Morgan fingerprint density at radius 1 is 1.03 bits per heavy atom. The van der Waals surface area contributed by atoms with E-state index in [1.54, 1.807) is 52.0 Å². The summed E-state index contributed by atoms with van der Waals surface area (Å²) in [4.78, 5) is 19.1. The number of rotatable bonds is 11. The summed E-state index contributed by atoms with van der Waals surface area (Å²) in [7, 11) is 2.81. The van der Waals surface area contributed by atoms with Gasteiger partial charge in [0.1, 0.15) is 18.3 Å². The predicted octanol–water partition coefficient (Wildman–Crippen LogP) is 5.38. The van der Waals surface area contributed by atoms with Crippen LogP contribution in [0.25, 0.3) is 0 Å². The number of cyclic esters (lactones) is 1. The molecule has 0 amide bonds. The van der Waals surface area contributed by atoms with Crippen molar-refractivity contribution < 1.29 is 68.9 Å². The molecule has 0 aliphatic carbocycles. The van der Waals surface area contributed by atoms with E-state index in [0.29, 0.717) is 18.4 Å². The topological polar surface area (TPSA) is 203 Å². The number of carbonyl (C=O) groups is 1. The molecular weight excluding hydrogens is 764 g/mol. The van der Waals surface area contributed by atoms with Crippen molar-refractivity contribution in [3.05, 3.63) is 59.4 Å². The fourth-order valence-corrected chi connectivity index (χ4v) is 8.76. The molecule has 0 spiro atoms. The third kappa shape index (κ3) is 12.8. The van der Waals surface area contributed by atoms with Crippen molar-refractivity contribution in [3.8, 4) is 0 Å². The van der Waals surface area contributed by atoms with Gasteiger partial charge in [-0.15, -0.1) is 0 Å². The van der Waals surface area contributed by atoms with Crippen LogP contribution in [0.1, 0.15) is 94.9 Å². The minimum Gasteiger partial charge on any atom is -0.490 e. The second-order valence-electron chi connectivity index (χ2n) is 17.1. The molecule has 0 bridgehead atoms. The molecule has 0 aromatic rings. The fraction of sp³-hybridized carbons (Fsp3) is 0.756. The van der Waals surface area contributed by atoms with Crippen LogP contribution in [0.4, 0.5) is 0 Å². The van der Waals surface area contributed by atoms with Crippen LogP contribution in [0.5, 0.6) is 0 Å². The molecule has 0 aromatic carbocycles. The largest absolute Gasteiger partial charge is 0.490 e. The summed E-state index contributed by atoms with van der Waals surface area (Å²) in [6.07, 6.45) is 3.48. The summed E-state index contributed by atoms with van der Waals surface area (Å²) in [5, 5.41) is 66.3. The molecule has 2 saturated heterocycles. The van der Waals surface area contributed by atoms with E-state index >= 15 is 0 Å². The maximum absolute atomic E-state index is 13.9. The van der Waals surface area contributed by atoms with Gasteiger partial charge in [-0.05, 0) is 52.5 Å². The van der Waals surface area contributed by atoms with Gasteiger partial charge in [0, 0.05) is 49.5 Å². The van der Waals surface area contributed by atoms with Gasteiger partial charge in [-0.1, -0.05) is 89.1 Å². The molecule has 6 N–H and O–H groups in total. The number of esters is 1. The summed E-state index contributed by atoms with van der Waals surface area (Å²) >= 11 is 0. The Bertz CT molecular complexity index is 1460. The Labute approximate surface area is 351 Å². The first-order chi connectivity index (χ1) is 27.8. The molecule has 14 heteroatoms. The Morgan fingerprint density at radius 2 is 1.71 bits per heavy atom. The summed E-state index contributed by atoms with van der Waals surface area (Å²) in [5.41, 5.74) is 1.59. The van der Waals surface area contributed by atoms with Crippen LogP contribution in [-0.2, 0) is 38.1 Å². The Balaban J connectivity index is 2.05. The van der Waals surface area contributed by atoms with Crippen molar-refractivity contribution in [2.45, 2.75) is 168 Å². The number of methoxy groups -OCH3 is 2. The van der Waals surface area contributed by atoms with Gasteiger partial charge in [0.2, 0.25) is 11.5 Å². The average Bonchev–Trinajstić information content (AvgIpc) is 3.20. The number of allylic oxidation sites excluding steroid dienone is 6. The van der Waals surface area contributed by atoms with Crippen LogP contribution in [0, 0.1) is 35.5 Å². The Hall–Kier alpha value is -2.47. The molecular formula is C45H74O14. The highest BCUT2D eigenvalue weighted by Crippen LogP contribution is 2.44. The quantitative estimate of drug-likeness (QED) is 0.0670. The SMILES string of the molecule is C/C=C/[C@H]1O[C@@](OO)([C@@H](C)[C@H](O)[C@H](C)C2OC(=O)/C(OC)=C/C(C)=C/[C@@H](C)[C@@H](O)C(CC)[C@@H](O)[C@H](C)C/C(C)=C/C=C[C@@H]2OC)C[C@@H](O[C@H]2C[C@@H](O)[C@H](O)[C@@H](C)O2)[C@@H]1C. The zero-order chi connectivity index (χ0) is 44.4. The number of hydrogen-bond acceptors (Lipinski definition) is 14. The number of ether oxygens (including phenoxy) is 6. The van der Waals surface area contributed by atoms with Crippen molar-refractivity contribution in [3.63, 3.8) is 0 Å². The molecule has 3 heterocycles. The van der Waals surface area contributed by atoms with Crippen molar-refractivity contribution >= 4 is 5.97 Å². The monoisotopic (exact) mass is 839 g/mol. The van der Waals surface area contributed by atoms with Gasteiger partial charge in [-0.2, -0.15) is 0 Å². The zero-order valence-electron chi connectivity index (χ0n) is 37.1. The van der Waals surface area contributed by atoms with Crippen molar-refractivity contribution in [1.82, 2.24) is 0 Å². The van der Waals surface area contributed by atoms with Crippen LogP contribution in [0.15, 0.2) is 59.4 Å². The van der Waals surface area contributed by atoms with E-state index in [9.17, 15) is 35.6 Å². The van der Waals surface area contributed by atoms with Gasteiger partial charge in [0.15, 0.2) is 6.29 Å². The molecule has 18 atom stereocenters. The number of aliphatic hydroxyl groups is 5. The highest BCUT2D eigenvalue weighted by molar-refractivity contribution is 5.87. The highest BCUT2D eigenvalue weighted by Gasteiger charge is 2.55. The third-order valence-corrected chi connectivity index (χ3v) is 12.7. The second kappa shape index (κ2) is 23.1. The van der Waals surface area contributed by atoms with Crippen molar-refractivity contribution in [2.24, 2.45) is 35.5 Å². The lowest BCUT2D eigenvalue weighted by molar-refractivity contribution is -0.454. The summed E-state index contributed by atoms with van der Waals surface area (Å²) < 4.78 is 36.3. The molecule has 0 radical (unpaired) electrons. The Morgan fingerprint density at radius 3 is 2.29 bits per heavy atom. The zero-order valence-corrected chi connectivity index (χ0v) is 37.1. The van der Waals surface area contributed by atoms with E-state index in [1.807, 2.05) is 53.7 Å². The van der Waals surface area contributed by atoms with Crippen LogP contribution < -0.4 is 0 Å². The van der Waals surface area contributed by atoms with Gasteiger partial charge in [0.25, 0.3) is 0 Å². The van der Waals surface area contributed by atoms with Crippen molar-refractivity contribution in [1.29, 1.82) is 0 Å². The van der Waals surface area contributed by atoms with E-state index in [0.717, 1.165) is 5.57 Å². The predicted molar refractivity (Wildman–Crippen MR) is 221 cm³/mol. The minimum atomic E-state index is -1.83. The lowest BCUT2D eigenvalue weighted by Crippen LogP contribution is -2.60. The number of aliphatic hydroxyl groups excluding tert-OH is 5. The maximum Gasteiger partial charge on any atom is 0.373 e. The molecule has 3 rings (SSSR count). The maximum atomic E-state index is 13.9. The van der Waals surface area contributed by atoms with Gasteiger partial charge < -0.3 is 54.0 Å². The molecule has 2 unspecified atom stereocenters. The number of carbonyl (C=O) groups excluding carboxylic acids is 1. The first kappa shape index (κ1) is 50.9. The van der Waals surface area contributed by atoms with Crippen LogP contribution in [-0.4, -0.2) is 124 Å². The van der Waals surface area contributed by atoms with E-state index in [2.05, 4.69) is 0 Å². The van der Waals surface area contributed by atoms with E-state index in [-0.39, 0.29) is 42.3 Å². The normalized spacial score (nSPS) is 42.8. The molecule has 14 nitrogen and oxygen atoms in total. The first-order valence-electron chi connectivity index (χ1n) is 21.2. The first-order valence-corrected chi connectivity index (χ1v) is 21.2. The molecule has 0 saturated carbocycles.